The average molecular weight is 424 g/mol. The van der Waals surface area contributed by atoms with Gasteiger partial charge in [0.15, 0.2) is 11.5 Å². The zero-order valence-corrected chi connectivity index (χ0v) is 16.5. The SMILES string of the molecule is COc1cccc(-c2nc(COC(=O)c3ccc(S(N)(=O)=O)o3)cs2)c1OC. The summed E-state index contributed by atoms with van der Waals surface area (Å²) in [5.74, 6) is 0.0259. The van der Waals surface area contributed by atoms with Crippen LogP contribution in [0, 0.1) is 0 Å². The molecule has 0 saturated heterocycles. The van der Waals surface area contributed by atoms with Gasteiger partial charge in [0, 0.05) is 5.38 Å². The zero-order valence-electron chi connectivity index (χ0n) is 14.9. The summed E-state index contributed by atoms with van der Waals surface area (Å²) in [6, 6.07) is 7.70. The molecule has 0 atom stereocenters. The third-order valence-electron chi connectivity index (χ3n) is 3.60. The Labute approximate surface area is 164 Å². The number of aromatic nitrogens is 1. The van der Waals surface area contributed by atoms with Crippen molar-refractivity contribution in [3.8, 4) is 22.1 Å². The molecule has 28 heavy (non-hydrogen) atoms. The Kier molecular flexibility index (Phi) is 5.68. The normalized spacial score (nSPS) is 11.2. The molecule has 0 aliphatic rings. The van der Waals surface area contributed by atoms with Gasteiger partial charge in [-0.3, -0.25) is 0 Å². The van der Waals surface area contributed by atoms with Crippen LogP contribution in [-0.2, 0) is 21.4 Å². The van der Waals surface area contributed by atoms with Crippen LogP contribution in [0.25, 0.3) is 10.6 Å². The van der Waals surface area contributed by atoms with Crippen molar-refractivity contribution in [3.63, 3.8) is 0 Å². The van der Waals surface area contributed by atoms with Crippen LogP contribution in [0.1, 0.15) is 16.2 Å². The molecule has 0 amide bonds. The highest BCUT2D eigenvalue weighted by Crippen LogP contribution is 2.39. The first-order valence-corrected chi connectivity index (χ1v) is 10.2. The predicted octanol–water partition coefficient (Wildman–Crippen LogP) is 2.42. The second-order valence-corrected chi connectivity index (χ2v) is 7.78. The number of nitrogens with two attached hydrogens (primary N) is 1. The highest BCUT2D eigenvalue weighted by Gasteiger charge is 2.19. The maximum atomic E-state index is 12.0. The van der Waals surface area contributed by atoms with Crippen molar-refractivity contribution in [3.05, 3.63) is 47.2 Å². The number of carbonyl (C=O) groups excluding carboxylic acids is 1. The molecule has 2 heterocycles. The molecule has 11 heteroatoms. The number of carbonyl (C=O) groups is 1. The molecule has 0 bridgehead atoms. The quantitative estimate of drug-likeness (QED) is 0.572. The van der Waals surface area contributed by atoms with Crippen LogP contribution in [0.4, 0.5) is 0 Å². The minimum atomic E-state index is -4.03. The fourth-order valence-electron chi connectivity index (χ4n) is 2.35. The first kappa shape index (κ1) is 19.9. The van der Waals surface area contributed by atoms with E-state index in [2.05, 4.69) is 4.98 Å². The summed E-state index contributed by atoms with van der Waals surface area (Å²) < 4.78 is 43.1. The van der Waals surface area contributed by atoms with Gasteiger partial charge in [0.05, 0.1) is 25.5 Å². The van der Waals surface area contributed by atoms with E-state index in [1.807, 2.05) is 12.1 Å². The first-order chi connectivity index (χ1) is 13.3. The van der Waals surface area contributed by atoms with Crippen LogP contribution in [0.3, 0.4) is 0 Å². The van der Waals surface area contributed by atoms with Gasteiger partial charge in [-0.2, -0.15) is 0 Å². The van der Waals surface area contributed by atoms with Crippen LogP contribution in [0.15, 0.2) is 45.2 Å². The summed E-state index contributed by atoms with van der Waals surface area (Å²) in [5.41, 5.74) is 1.25. The minimum Gasteiger partial charge on any atom is -0.493 e. The van der Waals surface area contributed by atoms with Crippen molar-refractivity contribution >= 4 is 27.3 Å². The molecule has 2 aromatic heterocycles. The molecule has 0 unspecified atom stereocenters. The lowest BCUT2D eigenvalue weighted by molar-refractivity contribution is 0.0426. The van der Waals surface area contributed by atoms with Crippen LogP contribution < -0.4 is 14.6 Å². The lowest BCUT2D eigenvalue weighted by Crippen LogP contribution is -2.11. The summed E-state index contributed by atoms with van der Waals surface area (Å²) >= 11 is 1.35. The fraction of sp³-hybridized carbons (Fsp3) is 0.176. The largest absolute Gasteiger partial charge is 0.493 e. The van der Waals surface area contributed by atoms with E-state index in [1.165, 1.54) is 24.5 Å². The molecule has 148 valence electrons. The fourth-order valence-corrected chi connectivity index (χ4v) is 3.64. The van der Waals surface area contributed by atoms with Crippen molar-refractivity contribution in [2.75, 3.05) is 14.2 Å². The molecule has 0 aliphatic carbocycles. The number of thiazole rings is 1. The number of furan rings is 1. The van der Waals surface area contributed by atoms with Crippen molar-refractivity contribution in [1.82, 2.24) is 4.98 Å². The van der Waals surface area contributed by atoms with Crippen LogP contribution in [-0.4, -0.2) is 33.6 Å². The Bertz CT molecular complexity index is 1100. The predicted molar refractivity (Wildman–Crippen MR) is 99.9 cm³/mol. The zero-order chi connectivity index (χ0) is 20.3. The number of esters is 1. The number of primary sulfonamides is 1. The van der Waals surface area contributed by atoms with Gasteiger partial charge in [0.2, 0.25) is 10.9 Å². The van der Waals surface area contributed by atoms with Gasteiger partial charge in [-0.15, -0.1) is 11.3 Å². The number of sulfonamides is 1. The summed E-state index contributed by atoms with van der Waals surface area (Å²) in [7, 11) is -0.945. The van der Waals surface area contributed by atoms with E-state index in [-0.39, 0.29) is 12.4 Å². The Balaban J connectivity index is 1.72. The van der Waals surface area contributed by atoms with E-state index in [0.717, 1.165) is 11.6 Å². The summed E-state index contributed by atoms with van der Waals surface area (Å²) in [4.78, 5) is 16.4. The van der Waals surface area contributed by atoms with Crippen LogP contribution in [0.5, 0.6) is 11.5 Å². The summed E-state index contributed by atoms with van der Waals surface area (Å²) in [6.07, 6.45) is 0. The van der Waals surface area contributed by atoms with E-state index >= 15 is 0 Å². The average Bonchev–Trinajstić information content (AvgIpc) is 3.34. The first-order valence-electron chi connectivity index (χ1n) is 7.79. The number of nitrogens with zero attached hydrogens (tertiary/aromatic N) is 1. The van der Waals surface area contributed by atoms with E-state index in [1.54, 1.807) is 18.6 Å². The number of hydrogen-bond acceptors (Lipinski definition) is 9. The molecule has 0 aliphatic heterocycles. The second kappa shape index (κ2) is 8.00. The molecule has 2 N–H and O–H groups in total. The molecular formula is C17H16N2O7S2. The minimum absolute atomic E-state index is 0.118. The van der Waals surface area contributed by atoms with E-state index < -0.39 is 21.1 Å². The van der Waals surface area contributed by atoms with Gasteiger partial charge in [0.1, 0.15) is 11.6 Å². The molecule has 3 aromatic rings. The number of hydrogen-bond donors (Lipinski definition) is 1. The lowest BCUT2D eigenvalue weighted by Gasteiger charge is -2.10. The molecule has 0 fully saturated rings. The van der Waals surface area contributed by atoms with Gasteiger partial charge in [-0.05, 0) is 24.3 Å². The standard InChI is InChI=1S/C17H16N2O7S2/c1-23-12-5-3-4-11(15(12)24-2)16-19-10(9-27-16)8-25-17(20)13-6-7-14(26-13)28(18,21)22/h3-7,9H,8H2,1-2H3,(H2,18,21,22). The molecule has 0 radical (unpaired) electrons. The summed E-state index contributed by atoms with van der Waals surface area (Å²) in [5, 5.41) is 6.82. The maximum Gasteiger partial charge on any atom is 0.374 e. The van der Waals surface area contributed by atoms with E-state index in [9.17, 15) is 13.2 Å². The maximum absolute atomic E-state index is 12.0. The van der Waals surface area contributed by atoms with Crippen LogP contribution in [0.2, 0.25) is 0 Å². The molecular weight excluding hydrogens is 408 g/mol. The number of rotatable bonds is 7. The highest BCUT2D eigenvalue weighted by molar-refractivity contribution is 7.89. The number of para-hydroxylation sites is 1. The molecule has 9 nitrogen and oxygen atoms in total. The molecule has 1 aromatic carbocycles. The van der Waals surface area contributed by atoms with Gasteiger partial charge in [0.25, 0.3) is 10.0 Å². The molecule has 3 rings (SSSR count). The second-order valence-electron chi connectivity index (χ2n) is 5.42. The molecule has 0 spiro atoms. The monoisotopic (exact) mass is 424 g/mol. The number of benzene rings is 1. The Hall–Kier alpha value is -2.89. The van der Waals surface area contributed by atoms with Crippen molar-refractivity contribution in [2.24, 2.45) is 5.14 Å². The third-order valence-corrected chi connectivity index (χ3v) is 5.30. The lowest BCUT2D eigenvalue weighted by atomic mass is 10.2. The Morgan fingerprint density at radius 2 is 2.00 bits per heavy atom. The Morgan fingerprint density at radius 3 is 2.64 bits per heavy atom. The highest BCUT2D eigenvalue weighted by atomic mass is 32.2. The van der Waals surface area contributed by atoms with E-state index in [4.69, 9.17) is 23.8 Å². The van der Waals surface area contributed by atoms with Gasteiger partial charge in [-0.25, -0.2) is 23.3 Å². The topological polar surface area (TPSA) is 131 Å². The molecule has 0 saturated carbocycles. The third kappa shape index (κ3) is 4.16. The summed E-state index contributed by atoms with van der Waals surface area (Å²) in [6.45, 7) is -0.118. The number of ether oxygens (including phenoxy) is 3. The van der Waals surface area contributed by atoms with Gasteiger partial charge in [-0.1, -0.05) is 6.07 Å². The van der Waals surface area contributed by atoms with Gasteiger partial charge < -0.3 is 18.6 Å². The van der Waals surface area contributed by atoms with Crippen molar-refractivity contribution in [1.29, 1.82) is 0 Å². The van der Waals surface area contributed by atoms with Crippen molar-refractivity contribution in [2.45, 2.75) is 11.7 Å². The van der Waals surface area contributed by atoms with Gasteiger partial charge >= 0.3 is 5.97 Å². The van der Waals surface area contributed by atoms with Crippen LogP contribution >= 0.6 is 11.3 Å². The smallest absolute Gasteiger partial charge is 0.374 e. The Morgan fingerprint density at radius 1 is 1.21 bits per heavy atom. The van der Waals surface area contributed by atoms with E-state index in [0.29, 0.717) is 22.2 Å². The number of methoxy groups -OCH3 is 2. The van der Waals surface area contributed by atoms with Crippen molar-refractivity contribution < 1.29 is 31.8 Å².